The van der Waals surface area contributed by atoms with Crippen molar-refractivity contribution in [3.8, 4) is 0 Å². The second-order valence-electron chi connectivity index (χ2n) is 20.3. The molecule has 2 atom stereocenters. The van der Waals surface area contributed by atoms with Crippen molar-refractivity contribution < 1.29 is 14.4 Å². The molecule has 0 radical (unpaired) electrons. The molecule has 2 aliphatic rings. The van der Waals surface area contributed by atoms with Crippen molar-refractivity contribution in [2.45, 2.75) is 165 Å². The second kappa shape index (κ2) is 13.5. The first-order valence-corrected chi connectivity index (χ1v) is 37.1. The number of hydrogen-bond donors (Lipinski definition) is 0. The Kier molecular flexibility index (Phi) is 10.7. The summed E-state index contributed by atoms with van der Waals surface area (Å²) in [6, 6.07) is 23.1. The molecule has 0 spiro atoms. The zero-order chi connectivity index (χ0) is 37.6. The standard InChI is InChI=1S/2C17H23.C6H5.2C4H9.CH3.H2Si.Zr/c2*1-6-13-7-15-9-14(11(2)3)10-16(12(4)5)17(15)8-13;1-2-4-6-5-3-1;2*1-3-4-2;;;/h2*7-12H,6H2,1-5H3;1-5H;2*1,3-4H2,2H3;1H3;1H2;. The molecule has 0 saturated carbocycles. The molecule has 0 fully saturated rings. The van der Waals surface area contributed by atoms with Crippen molar-refractivity contribution in [1.29, 1.82) is 0 Å². The molecule has 0 aliphatic heterocycles. The van der Waals surface area contributed by atoms with E-state index < -0.39 is 14.4 Å². The van der Waals surface area contributed by atoms with E-state index in [9.17, 15) is 0 Å². The van der Waals surface area contributed by atoms with Gasteiger partial charge in [-0.1, -0.05) is 0 Å². The topological polar surface area (TPSA) is 0 Å². The van der Waals surface area contributed by atoms with Crippen LogP contribution in [-0.2, 0) is 14.4 Å². The summed E-state index contributed by atoms with van der Waals surface area (Å²) in [6.45, 7) is 32.0. The summed E-state index contributed by atoms with van der Waals surface area (Å²) in [7, 11) is 0. The third kappa shape index (κ3) is 5.72. The Labute approximate surface area is 310 Å². The monoisotopic (exact) mass is 780 g/mol. The van der Waals surface area contributed by atoms with Crippen molar-refractivity contribution in [1.82, 2.24) is 0 Å². The molecule has 2 heteroatoms. The third-order valence-corrected chi connectivity index (χ3v) is 60.8. The first-order chi connectivity index (χ1) is 23.9. The van der Waals surface area contributed by atoms with Gasteiger partial charge in [0, 0.05) is 0 Å². The summed E-state index contributed by atoms with van der Waals surface area (Å²) in [5.41, 5.74) is 16.1. The second-order valence-corrected chi connectivity index (χ2v) is 67.9. The van der Waals surface area contributed by atoms with Gasteiger partial charge >= 0.3 is 312 Å². The predicted molar refractivity (Wildman–Crippen MR) is 231 cm³/mol. The molecule has 0 N–H and O–H groups in total. The maximum atomic E-state index is 3.09. The van der Waals surface area contributed by atoms with E-state index in [-0.39, 0.29) is 0 Å². The van der Waals surface area contributed by atoms with Crippen LogP contribution in [0, 0.1) is 0 Å². The van der Waals surface area contributed by atoms with Gasteiger partial charge < -0.3 is 0 Å². The number of fused-ring (bicyclic) bond motifs is 2. The summed E-state index contributed by atoms with van der Waals surface area (Å²) < 4.78 is 8.30. The van der Waals surface area contributed by atoms with Crippen molar-refractivity contribution in [3.05, 3.63) is 110 Å². The predicted octanol–water partition coefficient (Wildman–Crippen LogP) is 14.7. The van der Waals surface area contributed by atoms with E-state index in [2.05, 4.69) is 161 Å². The average Bonchev–Trinajstić information content (AvgIpc) is 3.70. The third-order valence-electron chi connectivity index (χ3n) is 15.5. The van der Waals surface area contributed by atoms with Crippen molar-refractivity contribution in [3.63, 3.8) is 0 Å². The molecule has 51 heavy (non-hydrogen) atoms. The fourth-order valence-electron chi connectivity index (χ4n) is 12.7. The van der Waals surface area contributed by atoms with E-state index in [0.29, 0.717) is 30.9 Å². The molecule has 0 saturated heterocycles. The molecule has 0 amide bonds. The molecule has 2 aliphatic carbocycles. The normalized spacial score (nSPS) is 19.5. The molecule has 0 heterocycles. The molecular weight excluding hydrogens is 708 g/mol. The fourth-order valence-corrected chi connectivity index (χ4v) is 59.6. The molecule has 5 rings (SSSR count). The van der Waals surface area contributed by atoms with E-state index in [1.807, 2.05) is 0 Å². The van der Waals surface area contributed by atoms with Gasteiger partial charge in [0.1, 0.15) is 0 Å². The molecule has 3 aromatic rings. The van der Waals surface area contributed by atoms with Crippen LogP contribution >= 0.6 is 0 Å². The number of benzene rings is 3. The Bertz CT molecular complexity index is 1860. The average molecular weight is 782 g/mol. The first-order valence-electron chi connectivity index (χ1n) is 21.2. The Morgan fingerprint density at radius 3 is 1.27 bits per heavy atom. The number of allylic oxidation sites excluding steroid dienone is 2. The Morgan fingerprint density at radius 1 is 0.569 bits per heavy atom. The van der Waals surface area contributed by atoms with Crippen molar-refractivity contribution in [2.24, 2.45) is 0 Å². The van der Waals surface area contributed by atoms with E-state index in [4.69, 9.17) is 0 Å². The summed E-state index contributed by atoms with van der Waals surface area (Å²) in [6.07, 6.45) is 12.7. The number of unbranched alkanes of at least 4 members (excludes halogenated alkanes) is 2. The SMILES string of the molecule is CCC[CH2][Zr]([CH3])(=[SiH2])([CH2]CCC)([c]1ccccc1)([CH]1C(CC)=Cc2c(C(C)C)cc(C(C)C)cc21)[CH]1C(CC)=Cc2c(C(C)C)cc(C(C)C)cc21. The molecule has 0 bridgehead atoms. The summed E-state index contributed by atoms with van der Waals surface area (Å²) in [5, 5.41) is 0. The van der Waals surface area contributed by atoms with Gasteiger partial charge in [0.05, 0.1) is 0 Å². The van der Waals surface area contributed by atoms with Gasteiger partial charge in [-0.05, 0) is 0 Å². The Morgan fingerprint density at radius 2 is 0.961 bits per heavy atom. The minimum absolute atomic E-state index is 0.410. The summed E-state index contributed by atoms with van der Waals surface area (Å²) in [5.74, 6) is 1.94. The van der Waals surface area contributed by atoms with Crippen LogP contribution in [0.2, 0.25) is 12.9 Å². The minimum atomic E-state index is -5.72. The van der Waals surface area contributed by atoms with Crippen LogP contribution in [0.3, 0.4) is 0 Å². The van der Waals surface area contributed by atoms with Gasteiger partial charge in [-0.25, -0.2) is 0 Å². The van der Waals surface area contributed by atoms with Crippen LogP contribution in [0.1, 0.15) is 197 Å². The zero-order valence-corrected chi connectivity index (χ0v) is 39.1. The van der Waals surface area contributed by atoms with Crippen LogP contribution in [0.15, 0.2) is 65.7 Å². The molecule has 3 aromatic carbocycles. The molecular formula is C49H74SiZr. The molecule has 0 aromatic heterocycles. The molecule has 2 unspecified atom stereocenters. The van der Waals surface area contributed by atoms with E-state index in [1.54, 1.807) is 47.8 Å². The Hall–Kier alpha value is -1.76. The van der Waals surface area contributed by atoms with Gasteiger partial charge in [-0.2, -0.15) is 0 Å². The van der Waals surface area contributed by atoms with E-state index >= 15 is 0 Å². The quantitative estimate of drug-likeness (QED) is 0.135. The number of rotatable bonds is 15. The first kappa shape index (κ1) is 40.4. The van der Waals surface area contributed by atoms with Gasteiger partial charge in [0.25, 0.3) is 0 Å². The van der Waals surface area contributed by atoms with Crippen LogP contribution in [-0.4, -0.2) is 6.88 Å². The van der Waals surface area contributed by atoms with Crippen LogP contribution in [0.4, 0.5) is 0 Å². The maximum absolute atomic E-state index is 5.72. The van der Waals surface area contributed by atoms with Crippen molar-refractivity contribution >= 4 is 22.3 Å². The van der Waals surface area contributed by atoms with Gasteiger partial charge in [0.2, 0.25) is 0 Å². The van der Waals surface area contributed by atoms with Gasteiger partial charge in [-0.3, -0.25) is 0 Å². The van der Waals surface area contributed by atoms with Crippen LogP contribution < -0.4 is 3.27 Å². The van der Waals surface area contributed by atoms with Gasteiger partial charge in [0.15, 0.2) is 0 Å². The van der Waals surface area contributed by atoms with Crippen LogP contribution in [0.25, 0.3) is 12.2 Å². The number of hydrogen-bond acceptors (Lipinski definition) is 0. The van der Waals surface area contributed by atoms with E-state index in [1.165, 1.54) is 45.1 Å². The van der Waals surface area contributed by atoms with Crippen LogP contribution in [0.5, 0.6) is 0 Å². The van der Waals surface area contributed by atoms with Crippen molar-refractivity contribution in [2.75, 3.05) is 0 Å². The van der Waals surface area contributed by atoms with Gasteiger partial charge in [-0.15, -0.1) is 0 Å². The summed E-state index contributed by atoms with van der Waals surface area (Å²) >= 11 is -5.72. The summed E-state index contributed by atoms with van der Waals surface area (Å²) in [4.78, 5) is 0. The zero-order valence-electron chi connectivity index (χ0n) is 35.2. The van der Waals surface area contributed by atoms with E-state index in [0.717, 1.165) is 12.8 Å². The molecule has 278 valence electrons. The Balaban J connectivity index is 2.19. The fraction of sp³-hybridized carbons (Fsp3) is 0.551. The molecule has 0 nitrogen and oxygen atoms in total.